The zero-order chi connectivity index (χ0) is 26.9. The molecule has 0 aliphatic carbocycles. The van der Waals surface area contributed by atoms with Gasteiger partial charge >= 0.3 is 0 Å². The van der Waals surface area contributed by atoms with E-state index in [1.54, 1.807) is 28.6 Å². The fraction of sp³-hybridized carbons (Fsp3) is 0.385. The summed E-state index contributed by atoms with van der Waals surface area (Å²) in [4.78, 5) is 49.6. The number of carbonyl (C=O) groups excluding carboxylic acids is 3. The van der Waals surface area contributed by atoms with Gasteiger partial charge in [0, 0.05) is 32.9 Å². The third-order valence-electron chi connectivity index (χ3n) is 6.73. The number of nitrogens with zero attached hydrogens (tertiary/aromatic N) is 6. The van der Waals surface area contributed by atoms with E-state index >= 15 is 0 Å². The molecule has 11 nitrogen and oxygen atoms in total. The van der Waals surface area contributed by atoms with Crippen molar-refractivity contribution in [3.8, 4) is 0 Å². The number of nitrogens with one attached hydrogen (secondary N) is 1. The van der Waals surface area contributed by atoms with Crippen LogP contribution in [0.15, 0.2) is 31.1 Å². The molecule has 194 valence electrons. The molecule has 0 bridgehead atoms. The van der Waals surface area contributed by atoms with E-state index < -0.39 is 5.91 Å². The van der Waals surface area contributed by atoms with Crippen LogP contribution in [0.1, 0.15) is 46.1 Å². The number of piperidine rings is 1. The Bertz CT molecular complexity index is 1390. The molecule has 1 saturated heterocycles. The molecule has 37 heavy (non-hydrogen) atoms. The molecular formula is C26H32N8O3. The predicted molar refractivity (Wildman–Crippen MR) is 141 cm³/mol. The first-order valence-electron chi connectivity index (χ1n) is 12.1. The van der Waals surface area contributed by atoms with Crippen LogP contribution < -0.4 is 11.1 Å². The second kappa shape index (κ2) is 10.4. The summed E-state index contributed by atoms with van der Waals surface area (Å²) in [6.07, 6.45) is 4.48. The number of likely N-dealkylation sites (N-methyl/N-ethyl adjacent to an activating group) is 1. The van der Waals surface area contributed by atoms with E-state index in [-0.39, 0.29) is 35.8 Å². The van der Waals surface area contributed by atoms with Gasteiger partial charge in [-0.2, -0.15) is 5.10 Å². The molecule has 0 unspecified atom stereocenters. The van der Waals surface area contributed by atoms with Crippen molar-refractivity contribution in [3.63, 3.8) is 0 Å². The van der Waals surface area contributed by atoms with Crippen LogP contribution in [0.3, 0.4) is 0 Å². The Morgan fingerprint density at radius 1 is 1.22 bits per heavy atom. The summed E-state index contributed by atoms with van der Waals surface area (Å²) in [7, 11) is 3.44. The van der Waals surface area contributed by atoms with Gasteiger partial charge in [-0.05, 0) is 55.5 Å². The van der Waals surface area contributed by atoms with Crippen molar-refractivity contribution in [1.29, 1.82) is 0 Å². The van der Waals surface area contributed by atoms with Crippen LogP contribution >= 0.6 is 0 Å². The van der Waals surface area contributed by atoms with Crippen molar-refractivity contribution < 1.29 is 14.4 Å². The maximum absolute atomic E-state index is 13.5. The largest absolute Gasteiger partial charge is 0.383 e. The highest BCUT2D eigenvalue weighted by atomic mass is 16.2. The molecule has 1 atom stereocenters. The molecule has 3 N–H and O–H groups in total. The van der Waals surface area contributed by atoms with Crippen molar-refractivity contribution in [1.82, 2.24) is 29.5 Å². The zero-order valence-electron chi connectivity index (χ0n) is 21.6. The Balaban J connectivity index is 1.66. The van der Waals surface area contributed by atoms with Gasteiger partial charge in [0.25, 0.3) is 5.91 Å². The Morgan fingerprint density at radius 3 is 2.68 bits per heavy atom. The number of hydrogen-bond donors (Lipinski definition) is 2. The molecule has 1 aliphatic rings. The number of carbonyl (C=O) groups is 3. The minimum absolute atomic E-state index is 0.00263. The number of aryl methyl sites for hydroxylation is 2. The average Bonchev–Trinajstić information content (AvgIpc) is 3.27. The molecule has 1 aliphatic heterocycles. The number of aromatic nitrogens is 4. The monoisotopic (exact) mass is 504 g/mol. The van der Waals surface area contributed by atoms with Crippen LogP contribution in [0.5, 0.6) is 0 Å². The number of benzene rings is 1. The van der Waals surface area contributed by atoms with Crippen LogP contribution in [0, 0.1) is 13.8 Å². The summed E-state index contributed by atoms with van der Waals surface area (Å²) in [5, 5.41) is 7.94. The predicted octanol–water partition coefficient (Wildman–Crippen LogP) is 2.26. The van der Waals surface area contributed by atoms with Crippen molar-refractivity contribution in [2.75, 3.05) is 38.2 Å². The molecular weight excluding hydrogens is 472 g/mol. The Morgan fingerprint density at radius 2 is 1.97 bits per heavy atom. The lowest BCUT2D eigenvalue weighted by molar-refractivity contribution is -0.128. The van der Waals surface area contributed by atoms with Gasteiger partial charge in [0.15, 0.2) is 11.3 Å². The molecule has 11 heteroatoms. The fourth-order valence-corrected chi connectivity index (χ4v) is 4.60. The van der Waals surface area contributed by atoms with Gasteiger partial charge in [-0.15, -0.1) is 0 Å². The summed E-state index contributed by atoms with van der Waals surface area (Å²) in [6.45, 7) is 8.43. The van der Waals surface area contributed by atoms with E-state index in [9.17, 15) is 14.4 Å². The lowest BCUT2D eigenvalue weighted by Gasteiger charge is -2.32. The van der Waals surface area contributed by atoms with Crippen molar-refractivity contribution in [3.05, 3.63) is 53.5 Å². The third-order valence-corrected chi connectivity index (χ3v) is 6.73. The fourth-order valence-electron chi connectivity index (χ4n) is 4.60. The lowest BCUT2D eigenvalue weighted by Crippen LogP contribution is -2.40. The molecule has 0 spiro atoms. The maximum Gasteiger partial charge on any atom is 0.277 e. The number of nitrogens with two attached hydrogens (primary N) is 1. The molecule has 3 amide bonds. The van der Waals surface area contributed by atoms with Gasteiger partial charge in [0.05, 0.1) is 17.8 Å². The summed E-state index contributed by atoms with van der Waals surface area (Å²) >= 11 is 0. The smallest absolute Gasteiger partial charge is 0.277 e. The number of nitrogen functional groups attached to an aromatic ring is 1. The molecule has 3 aromatic rings. The van der Waals surface area contributed by atoms with Crippen molar-refractivity contribution in [2.45, 2.75) is 39.2 Å². The number of anilines is 2. The van der Waals surface area contributed by atoms with E-state index in [4.69, 9.17) is 5.73 Å². The topological polar surface area (TPSA) is 139 Å². The number of fused-ring (bicyclic) bond motifs is 1. The van der Waals surface area contributed by atoms with Gasteiger partial charge in [-0.3, -0.25) is 14.4 Å². The van der Waals surface area contributed by atoms with Gasteiger partial charge in [-0.1, -0.05) is 12.6 Å². The first-order valence-corrected chi connectivity index (χ1v) is 12.1. The number of rotatable bonds is 6. The highest BCUT2D eigenvalue weighted by Crippen LogP contribution is 2.30. The van der Waals surface area contributed by atoms with Crippen LogP contribution in [-0.2, 0) is 16.0 Å². The summed E-state index contributed by atoms with van der Waals surface area (Å²) in [5.74, 6) is -0.431. The van der Waals surface area contributed by atoms with Gasteiger partial charge in [-0.25, -0.2) is 14.6 Å². The second-order valence-electron chi connectivity index (χ2n) is 9.55. The first-order chi connectivity index (χ1) is 17.6. The van der Waals surface area contributed by atoms with Crippen LogP contribution in [0.25, 0.3) is 11.0 Å². The summed E-state index contributed by atoms with van der Waals surface area (Å²) in [6, 6.07) is 3.59. The van der Waals surface area contributed by atoms with Crippen LogP contribution in [-0.4, -0.2) is 74.5 Å². The number of hydrogen-bond acceptors (Lipinski definition) is 7. The maximum atomic E-state index is 13.5. The Kier molecular flexibility index (Phi) is 7.23. The van der Waals surface area contributed by atoms with E-state index in [0.717, 1.165) is 29.5 Å². The molecule has 3 heterocycles. The minimum Gasteiger partial charge on any atom is -0.383 e. The molecule has 0 radical (unpaired) electrons. The second-order valence-corrected chi connectivity index (χ2v) is 9.55. The highest BCUT2D eigenvalue weighted by Gasteiger charge is 2.29. The van der Waals surface area contributed by atoms with E-state index in [1.807, 2.05) is 26.0 Å². The minimum atomic E-state index is -0.445. The molecule has 0 saturated carbocycles. The summed E-state index contributed by atoms with van der Waals surface area (Å²) < 4.78 is 1.68. The Hall–Kier alpha value is -4.28. The molecule has 2 aromatic heterocycles. The van der Waals surface area contributed by atoms with Crippen LogP contribution in [0.2, 0.25) is 0 Å². The van der Waals surface area contributed by atoms with Gasteiger partial charge in [0.1, 0.15) is 12.1 Å². The Labute approximate surface area is 215 Å². The first kappa shape index (κ1) is 25.8. The van der Waals surface area contributed by atoms with Gasteiger partial charge < -0.3 is 20.9 Å². The van der Waals surface area contributed by atoms with Gasteiger partial charge in [0.2, 0.25) is 11.8 Å². The number of likely N-dealkylation sites (tertiary alicyclic amines) is 1. The zero-order valence-corrected chi connectivity index (χ0v) is 21.6. The normalized spacial score (nSPS) is 15.5. The quantitative estimate of drug-likeness (QED) is 0.491. The van der Waals surface area contributed by atoms with Crippen LogP contribution in [0.4, 0.5) is 11.5 Å². The highest BCUT2D eigenvalue weighted by molar-refractivity contribution is 6.13. The SMILES string of the molecule is C=CC(=O)N1CCC[C@@H](n2nc(C(=O)Nc3cc(C)c(CC(=O)N(C)C)cc3C)c3c(N)ncnc32)C1. The standard InChI is InChI=1S/C26H32N8O3/c1-6-20(35)33-9-7-8-18(13-33)34-25-22(24(27)28-14-29-25)23(31-34)26(37)30-19-11-15(2)17(10-16(19)3)12-21(36)32(4)5/h6,10-11,14,18H,1,7-9,12-13H2,2-5H3,(H,30,37)(H2,27,28,29)/t18-/m1/s1. The third kappa shape index (κ3) is 5.16. The van der Waals surface area contributed by atoms with E-state index in [2.05, 4.69) is 27.0 Å². The summed E-state index contributed by atoms with van der Waals surface area (Å²) in [5.41, 5.74) is 9.96. The van der Waals surface area contributed by atoms with Crippen molar-refractivity contribution in [2.24, 2.45) is 0 Å². The lowest BCUT2D eigenvalue weighted by atomic mass is 10.0. The van der Waals surface area contributed by atoms with Crippen molar-refractivity contribution >= 4 is 40.3 Å². The average molecular weight is 505 g/mol. The number of amides is 3. The molecule has 1 aromatic carbocycles. The van der Waals surface area contributed by atoms with E-state index in [0.29, 0.717) is 29.8 Å². The van der Waals surface area contributed by atoms with E-state index in [1.165, 1.54) is 12.4 Å². The molecule has 4 rings (SSSR count). The molecule has 1 fully saturated rings.